The smallest absolute Gasteiger partial charge is 0.336 e. The maximum Gasteiger partial charge on any atom is 0.336 e. The average molecular weight is 390 g/mol. The van der Waals surface area contributed by atoms with Crippen molar-refractivity contribution in [3.05, 3.63) is 34.0 Å². The SMILES string of the molecule is Cc1nc(NC(=O)N2CCC[C@H]2C(N)=O)sc1-c1cc(C(C)C)oc(=O)c1. The number of nitrogens with two attached hydrogens (primary N) is 1. The van der Waals surface area contributed by atoms with E-state index in [2.05, 4.69) is 10.3 Å². The van der Waals surface area contributed by atoms with Crippen LogP contribution >= 0.6 is 11.3 Å². The number of primary amides is 1. The van der Waals surface area contributed by atoms with Gasteiger partial charge in [-0.25, -0.2) is 14.6 Å². The summed E-state index contributed by atoms with van der Waals surface area (Å²) in [6.45, 7) is 6.18. The Kier molecular flexibility index (Phi) is 5.31. The molecule has 0 saturated carbocycles. The number of urea groups is 1. The standard InChI is InChI=1S/C18H22N4O4S/c1-9(2)13-7-11(8-14(23)26-13)15-10(3)20-17(27-15)21-18(25)22-6-4-5-12(22)16(19)24/h7-9,12H,4-6H2,1-3H3,(H2,19,24)(H,20,21,25)/t12-/m0/s1. The van der Waals surface area contributed by atoms with Crippen molar-refractivity contribution in [2.45, 2.75) is 45.6 Å². The van der Waals surface area contributed by atoms with Crippen LogP contribution in [0.2, 0.25) is 0 Å². The Hall–Kier alpha value is -2.68. The zero-order valence-corrected chi connectivity index (χ0v) is 16.3. The molecule has 3 heterocycles. The molecule has 0 spiro atoms. The van der Waals surface area contributed by atoms with Crippen LogP contribution in [0.4, 0.5) is 9.93 Å². The van der Waals surface area contributed by atoms with Gasteiger partial charge in [0, 0.05) is 24.1 Å². The van der Waals surface area contributed by atoms with E-state index in [-0.39, 0.29) is 5.92 Å². The summed E-state index contributed by atoms with van der Waals surface area (Å²) in [5.74, 6) is 0.166. The van der Waals surface area contributed by atoms with Crippen LogP contribution in [-0.4, -0.2) is 34.4 Å². The van der Waals surface area contributed by atoms with E-state index in [1.165, 1.54) is 22.3 Å². The molecule has 9 heteroatoms. The lowest BCUT2D eigenvalue weighted by Gasteiger charge is -2.21. The molecule has 8 nitrogen and oxygen atoms in total. The van der Waals surface area contributed by atoms with Crippen molar-refractivity contribution in [3.63, 3.8) is 0 Å². The van der Waals surface area contributed by atoms with Crippen LogP contribution in [0.15, 0.2) is 21.3 Å². The Labute approximate surface area is 160 Å². The van der Waals surface area contributed by atoms with E-state index in [1.807, 2.05) is 26.8 Å². The second-order valence-electron chi connectivity index (χ2n) is 6.84. The molecule has 0 unspecified atom stereocenters. The van der Waals surface area contributed by atoms with Gasteiger partial charge in [0.15, 0.2) is 5.13 Å². The second kappa shape index (κ2) is 7.51. The molecule has 1 atom stereocenters. The van der Waals surface area contributed by atoms with Gasteiger partial charge in [0.25, 0.3) is 0 Å². The number of carbonyl (C=O) groups excluding carboxylic acids is 2. The minimum Gasteiger partial charge on any atom is -0.428 e. The largest absolute Gasteiger partial charge is 0.428 e. The van der Waals surface area contributed by atoms with E-state index >= 15 is 0 Å². The fourth-order valence-corrected chi connectivity index (χ4v) is 4.04. The number of likely N-dealkylation sites (tertiary alicyclic amines) is 1. The highest BCUT2D eigenvalue weighted by molar-refractivity contribution is 7.19. The lowest BCUT2D eigenvalue weighted by Crippen LogP contribution is -2.45. The molecule has 0 radical (unpaired) electrons. The maximum absolute atomic E-state index is 12.5. The summed E-state index contributed by atoms with van der Waals surface area (Å²) in [6, 6.07) is 2.26. The summed E-state index contributed by atoms with van der Waals surface area (Å²) < 4.78 is 5.22. The Balaban J connectivity index is 1.84. The zero-order valence-electron chi connectivity index (χ0n) is 15.4. The number of amides is 3. The zero-order chi connectivity index (χ0) is 19.7. The van der Waals surface area contributed by atoms with Crippen molar-refractivity contribution >= 4 is 28.4 Å². The Bertz CT molecular complexity index is 934. The van der Waals surface area contributed by atoms with Crippen LogP contribution in [-0.2, 0) is 4.79 Å². The highest BCUT2D eigenvalue weighted by atomic mass is 32.1. The Morgan fingerprint density at radius 3 is 2.81 bits per heavy atom. The molecular weight excluding hydrogens is 368 g/mol. The Morgan fingerprint density at radius 2 is 2.15 bits per heavy atom. The summed E-state index contributed by atoms with van der Waals surface area (Å²) in [5, 5.41) is 3.14. The number of carbonyl (C=O) groups is 2. The molecule has 0 bridgehead atoms. The van der Waals surface area contributed by atoms with Gasteiger partial charge in [-0.2, -0.15) is 0 Å². The van der Waals surface area contributed by atoms with E-state index in [1.54, 1.807) is 0 Å². The van der Waals surface area contributed by atoms with Crippen LogP contribution in [0.3, 0.4) is 0 Å². The normalized spacial score (nSPS) is 16.7. The predicted molar refractivity (Wildman–Crippen MR) is 103 cm³/mol. The molecule has 3 N–H and O–H groups in total. The van der Waals surface area contributed by atoms with Gasteiger partial charge in [0.2, 0.25) is 5.91 Å². The third-order valence-corrected chi connectivity index (χ3v) is 5.60. The van der Waals surface area contributed by atoms with Crippen molar-refractivity contribution in [1.29, 1.82) is 0 Å². The number of thiazole rings is 1. The maximum atomic E-state index is 12.5. The molecule has 0 aromatic carbocycles. The van der Waals surface area contributed by atoms with Gasteiger partial charge >= 0.3 is 11.7 Å². The molecule has 1 fully saturated rings. The van der Waals surface area contributed by atoms with E-state index < -0.39 is 23.6 Å². The van der Waals surface area contributed by atoms with Gasteiger partial charge < -0.3 is 15.1 Å². The van der Waals surface area contributed by atoms with Crippen molar-refractivity contribution in [3.8, 4) is 10.4 Å². The van der Waals surface area contributed by atoms with Gasteiger partial charge in [-0.15, -0.1) is 0 Å². The molecule has 2 aromatic heterocycles. The molecule has 1 aliphatic heterocycles. The number of hydrogen-bond donors (Lipinski definition) is 2. The van der Waals surface area contributed by atoms with Gasteiger partial charge in [-0.05, 0) is 25.8 Å². The number of aromatic nitrogens is 1. The van der Waals surface area contributed by atoms with E-state index in [4.69, 9.17) is 10.2 Å². The number of hydrogen-bond acceptors (Lipinski definition) is 6. The first-order valence-corrected chi connectivity index (χ1v) is 9.57. The van der Waals surface area contributed by atoms with E-state index in [9.17, 15) is 14.4 Å². The van der Waals surface area contributed by atoms with Crippen molar-refractivity contribution in [2.75, 3.05) is 11.9 Å². The van der Waals surface area contributed by atoms with Crippen molar-refractivity contribution in [1.82, 2.24) is 9.88 Å². The molecule has 1 saturated heterocycles. The number of anilines is 1. The highest BCUT2D eigenvalue weighted by Gasteiger charge is 2.33. The Morgan fingerprint density at radius 1 is 1.41 bits per heavy atom. The average Bonchev–Trinajstić information content (AvgIpc) is 3.21. The first kappa shape index (κ1) is 19.1. The minimum absolute atomic E-state index is 0.0750. The lowest BCUT2D eigenvalue weighted by atomic mass is 10.1. The molecule has 27 heavy (non-hydrogen) atoms. The minimum atomic E-state index is -0.585. The first-order chi connectivity index (χ1) is 12.8. The van der Waals surface area contributed by atoms with Gasteiger partial charge in [0.05, 0.1) is 10.6 Å². The molecule has 2 aromatic rings. The molecule has 3 amide bonds. The third kappa shape index (κ3) is 4.02. The second-order valence-corrected chi connectivity index (χ2v) is 7.84. The van der Waals surface area contributed by atoms with E-state index in [0.717, 1.165) is 11.3 Å². The fourth-order valence-electron chi connectivity index (χ4n) is 3.10. The predicted octanol–water partition coefficient (Wildman–Crippen LogP) is 2.68. The van der Waals surface area contributed by atoms with Crippen LogP contribution in [0.5, 0.6) is 0 Å². The van der Waals surface area contributed by atoms with Crippen LogP contribution < -0.4 is 16.7 Å². The third-order valence-electron chi connectivity index (χ3n) is 4.47. The number of nitrogens with zero attached hydrogens (tertiary/aromatic N) is 2. The molecule has 144 valence electrons. The summed E-state index contributed by atoms with van der Waals surface area (Å²) >= 11 is 1.27. The fraction of sp³-hybridized carbons (Fsp3) is 0.444. The van der Waals surface area contributed by atoms with Crippen LogP contribution in [0.1, 0.15) is 44.1 Å². The highest BCUT2D eigenvalue weighted by Crippen LogP contribution is 2.33. The van der Waals surface area contributed by atoms with E-state index in [0.29, 0.717) is 35.1 Å². The van der Waals surface area contributed by atoms with Gasteiger partial charge in [-0.3, -0.25) is 10.1 Å². The topological polar surface area (TPSA) is 119 Å². The monoisotopic (exact) mass is 390 g/mol. The number of nitrogens with one attached hydrogen (secondary N) is 1. The lowest BCUT2D eigenvalue weighted by molar-refractivity contribution is -0.121. The van der Waals surface area contributed by atoms with Gasteiger partial charge in [-0.1, -0.05) is 25.2 Å². The van der Waals surface area contributed by atoms with Gasteiger partial charge in [0.1, 0.15) is 11.8 Å². The molecule has 1 aliphatic rings. The van der Waals surface area contributed by atoms with Crippen LogP contribution in [0.25, 0.3) is 10.4 Å². The summed E-state index contributed by atoms with van der Waals surface area (Å²) in [6.07, 6.45) is 1.31. The summed E-state index contributed by atoms with van der Waals surface area (Å²) in [7, 11) is 0. The molecule has 0 aliphatic carbocycles. The summed E-state index contributed by atoms with van der Waals surface area (Å²) in [5.41, 5.74) is 6.35. The van der Waals surface area contributed by atoms with Crippen molar-refractivity contribution in [2.24, 2.45) is 5.73 Å². The van der Waals surface area contributed by atoms with Crippen LogP contribution in [0, 0.1) is 6.92 Å². The molecule has 3 rings (SSSR count). The number of aryl methyl sites for hydroxylation is 1. The molecular formula is C18H22N4O4S. The quantitative estimate of drug-likeness (QED) is 0.832. The first-order valence-electron chi connectivity index (χ1n) is 8.76. The van der Waals surface area contributed by atoms with Crippen molar-refractivity contribution < 1.29 is 14.0 Å². The summed E-state index contributed by atoms with van der Waals surface area (Å²) in [4.78, 5) is 42.4. The number of rotatable bonds is 4.